The fourth-order valence-electron chi connectivity index (χ4n) is 2.87. The molecule has 0 radical (unpaired) electrons. The van der Waals surface area contributed by atoms with Crippen LogP contribution >= 0.6 is 0 Å². The van der Waals surface area contributed by atoms with E-state index in [1.807, 2.05) is 48.5 Å². The number of fused-ring (bicyclic) bond motifs is 1. The van der Waals surface area contributed by atoms with E-state index in [0.717, 1.165) is 16.6 Å². The second kappa shape index (κ2) is 6.68. The van der Waals surface area contributed by atoms with Gasteiger partial charge in [-0.15, -0.1) is 0 Å². The van der Waals surface area contributed by atoms with Crippen LogP contribution in [0, 0.1) is 0 Å². The van der Waals surface area contributed by atoms with E-state index in [9.17, 15) is 9.90 Å². The Morgan fingerprint density at radius 3 is 2.81 bits per heavy atom. The first-order valence-electron chi connectivity index (χ1n) is 8.15. The molecule has 0 atom stereocenters. The van der Waals surface area contributed by atoms with Crippen LogP contribution in [0.5, 0.6) is 5.75 Å². The molecule has 0 fully saturated rings. The van der Waals surface area contributed by atoms with Crippen molar-refractivity contribution in [3.63, 3.8) is 0 Å². The second-order valence-corrected chi connectivity index (χ2v) is 5.88. The molecule has 0 saturated heterocycles. The van der Waals surface area contributed by atoms with Gasteiger partial charge in [-0.3, -0.25) is 4.79 Å². The van der Waals surface area contributed by atoms with E-state index in [1.165, 1.54) is 6.33 Å². The minimum atomic E-state index is -0.320. The quantitative estimate of drug-likeness (QED) is 0.596. The van der Waals surface area contributed by atoms with E-state index in [0.29, 0.717) is 11.9 Å². The molecule has 0 aliphatic carbocycles. The number of nitrogens with zero attached hydrogens (tertiary/aromatic N) is 3. The maximum Gasteiger partial charge on any atom is 0.255 e. The molecule has 0 unspecified atom stereocenters. The fraction of sp³-hybridized carbons (Fsp3) is 0.0500. The number of carbonyl (C=O) groups excluding carboxylic acids is 1. The summed E-state index contributed by atoms with van der Waals surface area (Å²) in [6, 6.07) is 18.5. The zero-order valence-corrected chi connectivity index (χ0v) is 13.8. The monoisotopic (exact) mass is 344 g/mol. The zero-order chi connectivity index (χ0) is 17.9. The highest BCUT2D eigenvalue weighted by Gasteiger charge is 2.13. The summed E-state index contributed by atoms with van der Waals surface area (Å²) in [5, 5.41) is 18.9. The third-order valence-electron chi connectivity index (χ3n) is 4.19. The lowest BCUT2D eigenvalue weighted by atomic mass is 10.0. The van der Waals surface area contributed by atoms with Gasteiger partial charge in [0.15, 0.2) is 0 Å². The largest absolute Gasteiger partial charge is 0.506 e. The SMILES string of the molecule is O=C(NCc1cccc(-n2cncn2)c1)c1ccc2ccccc2c1O. The van der Waals surface area contributed by atoms with Crippen molar-refractivity contribution >= 4 is 16.7 Å². The number of amides is 1. The number of phenolic OH excluding ortho intramolecular Hbond substituents is 1. The topological polar surface area (TPSA) is 80.0 Å². The van der Waals surface area contributed by atoms with Crippen molar-refractivity contribution in [1.29, 1.82) is 0 Å². The Labute approximate surface area is 149 Å². The van der Waals surface area contributed by atoms with Gasteiger partial charge >= 0.3 is 0 Å². The molecule has 128 valence electrons. The van der Waals surface area contributed by atoms with Crippen LogP contribution in [0.2, 0.25) is 0 Å². The van der Waals surface area contributed by atoms with Gasteiger partial charge in [0, 0.05) is 11.9 Å². The molecule has 0 saturated carbocycles. The van der Waals surface area contributed by atoms with Crippen molar-refractivity contribution in [2.24, 2.45) is 0 Å². The molecule has 2 N–H and O–H groups in total. The van der Waals surface area contributed by atoms with Gasteiger partial charge in [-0.1, -0.05) is 42.5 Å². The molecular formula is C20H16N4O2. The Kier molecular flexibility index (Phi) is 4.07. The summed E-state index contributed by atoms with van der Waals surface area (Å²) >= 11 is 0. The van der Waals surface area contributed by atoms with Crippen molar-refractivity contribution in [3.05, 3.63) is 84.4 Å². The maximum atomic E-state index is 12.5. The average molecular weight is 344 g/mol. The number of nitrogens with one attached hydrogen (secondary N) is 1. The first-order chi connectivity index (χ1) is 12.7. The van der Waals surface area contributed by atoms with Crippen LogP contribution in [-0.4, -0.2) is 25.8 Å². The maximum absolute atomic E-state index is 12.5. The number of aromatic hydroxyl groups is 1. The van der Waals surface area contributed by atoms with Gasteiger partial charge in [0.05, 0.1) is 11.3 Å². The molecule has 3 aromatic carbocycles. The molecule has 1 heterocycles. The zero-order valence-electron chi connectivity index (χ0n) is 13.8. The molecule has 4 aromatic rings. The average Bonchev–Trinajstić information content (AvgIpc) is 3.22. The Bertz CT molecular complexity index is 1070. The van der Waals surface area contributed by atoms with Crippen LogP contribution in [0.25, 0.3) is 16.5 Å². The van der Waals surface area contributed by atoms with Gasteiger partial charge in [0.2, 0.25) is 0 Å². The molecule has 6 nitrogen and oxygen atoms in total. The predicted octanol–water partition coefficient (Wildman–Crippen LogP) is 3.06. The van der Waals surface area contributed by atoms with E-state index in [2.05, 4.69) is 15.4 Å². The summed E-state index contributed by atoms with van der Waals surface area (Å²) < 4.78 is 1.65. The Morgan fingerprint density at radius 2 is 1.96 bits per heavy atom. The first-order valence-corrected chi connectivity index (χ1v) is 8.15. The number of benzene rings is 3. The number of phenols is 1. The van der Waals surface area contributed by atoms with Crippen molar-refractivity contribution in [3.8, 4) is 11.4 Å². The summed E-state index contributed by atoms with van der Waals surface area (Å²) in [6.07, 6.45) is 3.09. The predicted molar refractivity (Wildman–Crippen MR) is 98.1 cm³/mol. The van der Waals surface area contributed by atoms with Crippen LogP contribution < -0.4 is 5.32 Å². The molecule has 1 aromatic heterocycles. The standard InChI is InChI=1S/C20H16N4O2/c25-19-17-7-2-1-5-15(17)8-9-18(19)20(26)22-11-14-4-3-6-16(10-14)24-13-21-12-23-24/h1-10,12-13,25H,11H2,(H,22,26). The smallest absolute Gasteiger partial charge is 0.255 e. The second-order valence-electron chi connectivity index (χ2n) is 5.88. The van der Waals surface area contributed by atoms with E-state index in [1.54, 1.807) is 23.1 Å². The van der Waals surface area contributed by atoms with Crippen LogP contribution in [-0.2, 0) is 6.54 Å². The Hall–Kier alpha value is -3.67. The lowest BCUT2D eigenvalue weighted by Crippen LogP contribution is -2.23. The summed E-state index contributed by atoms with van der Waals surface area (Å²) in [6.45, 7) is 0.341. The van der Waals surface area contributed by atoms with E-state index in [4.69, 9.17) is 0 Å². The van der Waals surface area contributed by atoms with Crippen LogP contribution in [0.1, 0.15) is 15.9 Å². The minimum Gasteiger partial charge on any atom is -0.506 e. The molecule has 6 heteroatoms. The highest BCUT2D eigenvalue weighted by Crippen LogP contribution is 2.28. The minimum absolute atomic E-state index is 0.00281. The van der Waals surface area contributed by atoms with Gasteiger partial charge < -0.3 is 10.4 Å². The summed E-state index contributed by atoms with van der Waals surface area (Å²) in [5.74, 6) is -0.323. The van der Waals surface area contributed by atoms with Gasteiger partial charge in [-0.2, -0.15) is 5.10 Å². The highest BCUT2D eigenvalue weighted by molar-refractivity contribution is 6.03. The molecule has 1 amide bonds. The molecule has 0 bridgehead atoms. The van der Waals surface area contributed by atoms with Gasteiger partial charge in [-0.05, 0) is 29.1 Å². The van der Waals surface area contributed by atoms with E-state index >= 15 is 0 Å². The molecule has 4 rings (SSSR count). The van der Waals surface area contributed by atoms with Gasteiger partial charge in [-0.25, -0.2) is 9.67 Å². The van der Waals surface area contributed by atoms with Crippen molar-refractivity contribution in [2.75, 3.05) is 0 Å². The Morgan fingerprint density at radius 1 is 1.08 bits per heavy atom. The number of carbonyl (C=O) groups is 1. The highest BCUT2D eigenvalue weighted by atomic mass is 16.3. The van der Waals surface area contributed by atoms with E-state index in [-0.39, 0.29) is 17.2 Å². The van der Waals surface area contributed by atoms with Crippen molar-refractivity contribution in [1.82, 2.24) is 20.1 Å². The Balaban J connectivity index is 1.53. The molecule has 26 heavy (non-hydrogen) atoms. The van der Waals surface area contributed by atoms with Crippen LogP contribution in [0.4, 0.5) is 0 Å². The van der Waals surface area contributed by atoms with Gasteiger partial charge in [0.25, 0.3) is 5.91 Å². The van der Waals surface area contributed by atoms with Crippen LogP contribution in [0.3, 0.4) is 0 Å². The number of aromatic nitrogens is 3. The summed E-state index contributed by atoms with van der Waals surface area (Å²) in [7, 11) is 0. The summed E-state index contributed by atoms with van der Waals surface area (Å²) in [4.78, 5) is 16.4. The molecule has 0 spiro atoms. The number of hydrogen-bond acceptors (Lipinski definition) is 4. The summed E-state index contributed by atoms with van der Waals surface area (Å²) in [5.41, 5.74) is 2.05. The normalized spacial score (nSPS) is 10.8. The third kappa shape index (κ3) is 3.00. The van der Waals surface area contributed by atoms with E-state index < -0.39 is 0 Å². The van der Waals surface area contributed by atoms with Gasteiger partial charge in [0.1, 0.15) is 18.4 Å². The van der Waals surface area contributed by atoms with Crippen molar-refractivity contribution in [2.45, 2.75) is 6.54 Å². The molecule has 0 aliphatic rings. The molecule has 0 aliphatic heterocycles. The van der Waals surface area contributed by atoms with Crippen molar-refractivity contribution < 1.29 is 9.90 Å². The third-order valence-corrected chi connectivity index (χ3v) is 4.19. The lowest BCUT2D eigenvalue weighted by molar-refractivity contribution is 0.0948. The number of rotatable bonds is 4. The fourth-order valence-corrected chi connectivity index (χ4v) is 2.87. The number of hydrogen-bond donors (Lipinski definition) is 2. The lowest BCUT2D eigenvalue weighted by Gasteiger charge is -2.10. The van der Waals surface area contributed by atoms with Crippen LogP contribution in [0.15, 0.2) is 73.3 Å². The first kappa shape index (κ1) is 15.8. The molecular weight excluding hydrogens is 328 g/mol.